The van der Waals surface area contributed by atoms with Gasteiger partial charge in [-0.15, -0.1) is 0 Å². The van der Waals surface area contributed by atoms with Gasteiger partial charge >= 0.3 is 0 Å². The van der Waals surface area contributed by atoms with Gasteiger partial charge < -0.3 is 14.7 Å². The number of carbonyl (C=O) groups is 1. The topological polar surface area (TPSA) is 90.0 Å². The van der Waals surface area contributed by atoms with E-state index in [4.69, 9.17) is 0 Å². The molecule has 2 aromatic rings. The second-order valence-electron chi connectivity index (χ2n) is 11.6. The molecule has 40 heavy (non-hydrogen) atoms. The van der Waals surface area contributed by atoms with E-state index in [9.17, 15) is 17.6 Å². The summed E-state index contributed by atoms with van der Waals surface area (Å²) in [6, 6.07) is 7.36. The minimum absolute atomic E-state index is 0.0391. The van der Waals surface area contributed by atoms with E-state index in [1.807, 2.05) is 17.9 Å². The van der Waals surface area contributed by atoms with Crippen LogP contribution in [0.1, 0.15) is 66.1 Å². The Balaban J connectivity index is 1.15. The zero-order valence-corrected chi connectivity index (χ0v) is 24.6. The number of sulfonamides is 1. The number of benzene rings is 1. The van der Waals surface area contributed by atoms with Gasteiger partial charge in [-0.3, -0.25) is 4.79 Å². The third kappa shape index (κ3) is 6.31. The van der Waals surface area contributed by atoms with Crippen molar-refractivity contribution in [1.29, 1.82) is 0 Å². The minimum atomic E-state index is -3.17. The minimum Gasteiger partial charge on any atom is -0.356 e. The van der Waals surface area contributed by atoms with Crippen LogP contribution in [-0.2, 0) is 10.0 Å². The summed E-state index contributed by atoms with van der Waals surface area (Å²) < 4.78 is 39.0. The fourth-order valence-electron chi connectivity index (χ4n) is 6.63. The molecule has 0 aliphatic carbocycles. The predicted octanol–water partition coefficient (Wildman–Crippen LogP) is 3.27. The number of hydrogen-bond acceptors (Lipinski definition) is 7. The highest BCUT2D eigenvalue weighted by molar-refractivity contribution is 7.88. The molecule has 218 valence electrons. The average Bonchev–Trinajstić information content (AvgIpc) is 2.96. The zero-order chi connectivity index (χ0) is 28.4. The lowest BCUT2D eigenvalue weighted by atomic mass is 9.89. The monoisotopic (exact) mass is 572 g/mol. The van der Waals surface area contributed by atoms with E-state index < -0.39 is 10.0 Å². The number of piperidine rings is 3. The molecule has 1 aromatic heterocycles. The van der Waals surface area contributed by atoms with Crippen LogP contribution < -0.4 is 4.90 Å². The molecule has 1 amide bonds. The molecule has 0 radical (unpaired) electrons. The molecule has 0 atom stereocenters. The van der Waals surface area contributed by atoms with Gasteiger partial charge in [-0.1, -0.05) is 12.1 Å². The molecule has 9 nitrogen and oxygen atoms in total. The van der Waals surface area contributed by atoms with E-state index in [2.05, 4.69) is 19.8 Å². The third-order valence-corrected chi connectivity index (χ3v) is 10.5. The van der Waals surface area contributed by atoms with Crippen LogP contribution in [0.25, 0.3) is 0 Å². The first-order valence-electron chi connectivity index (χ1n) is 14.4. The molecule has 4 heterocycles. The molecule has 5 rings (SSSR count). The predicted molar refractivity (Wildman–Crippen MR) is 153 cm³/mol. The van der Waals surface area contributed by atoms with Crippen LogP contribution in [0.3, 0.4) is 0 Å². The summed E-state index contributed by atoms with van der Waals surface area (Å²) >= 11 is 0. The average molecular weight is 573 g/mol. The summed E-state index contributed by atoms with van der Waals surface area (Å²) in [6.45, 7) is 6.67. The quantitative estimate of drug-likeness (QED) is 0.525. The molecule has 3 aliphatic rings. The van der Waals surface area contributed by atoms with E-state index in [0.29, 0.717) is 30.7 Å². The summed E-state index contributed by atoms with van der Waals surface area (Å²) in [5.41, 5.74) is 2.33. The molecule has 1 aromatic carbocycles. The van der Waals surface area contributed by atoms with E-state index in [-0.39, 0.29) is 17.8 Å². The first kappa shape index (κ1) is 28.9. The molecule has 0 unspecified atom stereocenters. The van der Waals surface area contributed by atoms with Gasteiger partial charge in [-0.2, -0.15) is 0 Å². The van der Waals surface area contributed by atoms with Crippen molar-refractivity contribution in [3.63, 3.8) is 0 Å². The van der Waals surface area contributed by atoms with Gasteiger partial charge in [0.25, 0.3) is 5.91 Å². The Labute approximate surface area is 237 Å². The van der Waals surface area contributed by atoms with Crippen molar-refractivity contribution < 1.29 is 17.6 Å². The summed E-state index contributed by atoms with van der Waals surface area (Å²) in [5, 5.41) is 0. The molecule has 3 aliphatic heterocycles. The molecule has 3 saturated heterocycles. The summed E-state index contributed by atoms with van der Waals surface area (Å²) in [4.78, 5) is 29.1. The van der Waals surface area contributed by atoms with Gasteiger partial charge in [0, 0.05) is 50.9 Å². The largest absolute Gasteiger partial charge is 0.356 e. The van der Waals surface area contributed by atoms with Crippen molar-refractivity contribution >= 4 is 21.7 Å². The van der Waals surface area contributed by atoms with Gasteiger partial charge in [-0.05, 0) is 82.2 Å². The van der Waals surface area contributed by atoms with Crippen LogP contribution in [0.2, 0.25) is 0 Å². The highest BCUT2D eigenvalue weighted by atomic mass is 32.2. The summed E-state index contributed by atoms with van der Waals surface area (Å²) in [5.74, 6) is 0.902. The van der Waals surface area contributed by atoms with E-state index >= 15 is 0 Å². The number of anilines is 1. The van der Waals surface area contributed by atoms with Crippen LogP contribution in [0, 0.1) is 12.7 Å². The van der Waals surface area contributed by atoms with Crippen LogP contribution >= 0.6 is 0 Å². The lowest BCUT2D eigenvalue weighted by Crippen LogP contribution is -2.52. The molecule has 0 saturated carbocycles. The van der Waals surface area contributed by atoms with Crippen LogP contribution in [-0.4, -0.2) is 103 Å². The number of hydrogen-bond donors (Lipinski definition) is 0. The number of nitrogens with zero attached hydrogens (tertiary/aromatic N) is 6. The van der Waals surface area contributed by atoms with Crippen LogP contribution in [0.4, 0.5) is 10.2 Å². The lowest BCUT2D eigenvalue weighted by Gasteiger charge is -2.43. The van der Waals surface area contributed by atoms with Crippen LogP contribution in [0.5, 0.6) is 0 Å². The smallest absolute Gasteiger partial charge is 0.272 e. The Kier molecular flexibility index (Phi) is 8.72. The fourth-order valence-corrected chi connectivity index (χ4v) is 7.38. The number of rotatable bonds is 6. The second-order valence-corrected chi connectivity index (χ2v) is 13.6. The SMILES string of the molecule is Cc1c(C(=O)N2CCC(N3CCC(N(C)S(C)(=O)=O)CC3)CC2)ncnc1N1CCC(c2cccc(F)c2)CC1. The fraction of sp³-hybridized carbons (Fsp3) is 0.621. The maximum atomic E-state index is 13.7. The highest BCUT2D eigenvalue weighted by Gasteiger charge is 2.33. The lowest BCUT2D eigenvalue weighted by molar-refractivity contribution is 0.0542. The Hall–Kier alpha value is -2.63. The Morgan fingerprint density at radius 2 is 1.65 bits per heavy atom. The molecule has 3 fully saturated rings. The standard InChI is InChI=1S/C29H41FN6O3S/c1-21-27(31-20-32-28(21)35-13-7-22(8-14-35)23-5-4-6-24(30)19-23)29(37)36-17-11-26(12-18-36)34-15-9-25(10-16-34)33(2)40(3,38)39/h4-6,19-20,22,25-26H,7-18H2,1-3H3. The number of amides is 1. The number of likely N-dealkylation sites (tertiary alicyclic amines) is 2. The van der Waals surface area contributed by atoms with Crippen molar-refractivity contribution in [2.45, 2.75) is 63.5 Å². The Morgan fingerprint density at radius 3 is 2.27 bits per heavy atom. The summed E-state index contributed by atoms with van der Waals surface area (Å²) in [7, 11) is -1.50. The van der Waals surface area contributed by atoms with Crippen molar-refractivity contribution in [1.82, 2.24) is 24.1 Å². The van der Waals surface area contributed by atoms with E-state index in [1.54, 1.807) is 19.2 Å². The zero-order valence-electron chi connectivity index (χ0n) is 23.8. The Bertz CT molecular complexity index is 1300. The molecule has 0 spiro atoms. The summed E-state index contributed by atoms with van der Waals surface area (Å²) in [6.07, 6.45) is 8.07. The van der Waals surface area contributed by atoms with E-state index in [0.717, 1.165) is 81.6 Å². The van der Waals surface area contributed by atoms with Crippen molar-refractivity contribution in [2.75, 3.05) is 57.5 Å². The first-order chi connectivity index (χ1) is 19.1. The van der Waals surface area contributed by atoms with Gasteiger partial charge in [0.05, 0.1) is 6.26 Å². The molecular formula is C29H41FN6O3S. The maximum absolute atomic E-state index is 13.7. The number of carbonyl (C=O) groups excluding carboxylic acids is 1. The van der Waals surface area contributed by atoms with Crippen molar-refractivity contribution in [3.05, 3.63) is 53.2 Å². The molecule has 0 N–H and O–H groups in total. The van der Waals surface area contributed by atoms with Gasteiger partial charge in [0.15, 0.2) is 0 Å². The molecule has 11 heteroatoms. The van der Waals surface area contributed by atoms with Crippen molar-refractivity contribution in [2.24, 2.45) is 0 Å². The van der Waals surface area contributed by atoms with Crippen molar-refractivity contribution in [3.8, 4) is 0 Å². The van der Waals surface area contributed by atoms with Crippen LogP contribution in [0.15, 0.2) is 30.6 Å². The van der Waals surface area contributed by atoms with Gasteiger partial charge in [0.2, 0.25) is 10.0 Å². The highest BCUT2D eigenvalue weighted by Crippen LogP contribution is 2.32. The first-order valence-corrected chi connectivity index (χ1v) is 16.2. The normalized spacial score (nSPS) is 20.8. The third-order valence-electron chi connectivity index (χ3n) is 9.18. The van der Waals surface area contributed by atoms with Gasteiger partial charge in [-0.25, -0.2) is 27.1 Å². The number of aromatic nitrogens is 2. The number of halogens is 1. The second kappa shape index (κ2) is 12.1. The van der Waals surface area contributed by atoms with E-state index in [1.165, 1.54) is 23.0 Å². The maximum Gasteiger partial charge on any atom is 0.272 e. The Morgan fingerprint density at radius 1 is 0.975 bits per heavy atom. The van der Waals surface area contributed by atoms with Gasteiger partial charge in [0.1, 0.15) is 23.7 Å². The molecular weight excluding hydrogens is 531 g/mol. The molecule has 0 bridgehead atoms.